The second kappa shape index (κ2) is 7.88. The standard InChI is InChI=1S/C22H19FN2O2/c1-15-11-21(16(2)25(15)13-18-3-7-19(23)8-4-18)22(26)14-27-20-9-5-17(12-24)6-10-20/h3-11H,13-14H2,1-2H3. The van der Waals surface area contributed by atoms with Gasteiger partial charge in [-0.1, -0.05) is 12.1 Å². The summed E-state index contributed by atoms with van der Waals surface area (Å²) in [4.78, 5) is 12.6. The molecule has 5 heteroatoms. The molecular weight excluding hydrogens is 343 g/mol. The van der Waals surface area contributed by atoms with Gasteiger partial charge in [-0.2, -0.15) is 5.26 Å². The van der Waals surface area contributed by atoms with E-state index in [1.807, 2.05) is 30.6 Å². The molecule has 2 aromatic carbocycles. The highest BCUT2D eigenvalue weighted by atomic mass is 19.1. The SMILES string of the molecule is Cc1cc(C(=O)COc2ccc(C#N)cc2)c(C)n1Cc1ccc(F)cc1. The summed E-state index contributed by atoms with van der Waals surface area (Å²) in [5.41, 5.74) is 3.93. The van der Waals surface area contributed by atoms with Crippen LogP contribution in [-0.2, 0) is 6.54 Å². The smallest absolute Gasteiger partial charge is 0.202 e. The number of aryl methyl sites for hydroxylation is 1. The number of halogens is 1. The molecule has 0 unspecified atom stereocenters. The lowest BCUT2D eigenvalue weighted by Gasteiger charge is -2.10. The Kier molecular flexibility index (Phi) is 5.37. The molecular formula is C22H19FN2O2. The van der Waals surface area contributed by atoms with Crippen molar-refractivity contribution in [2.75, 3.05) is 6.61 Å². The molecule has 3 rings (SSSR count). The summed E-state index contributed by atoms with van der Waals surface area (Å²) in [7, 11) is 0. The molecule has 0 amide bonds. The van der Waals surface area contributed by atoms with Crippen LogP contribution >= 0.6 is 0 Å². The van der Waals surface area contributed by atoms with Crippen LogP contribution in [0.4, 0.5) is 4.39 Å². The largest absolute Gasteiger partial charge is 0.485 e. The van der Waals surface area contributed by atoms with E-state index in [1.165, 1.54) is 12.1 Å². The predicted octanol–water partition coefficient (Wildman–Crippen LogP) is 4.43. The van der Waals surface area contributed by atoms with Crippen molar-refractivity contribution in [2.45, 2.75) is 20.4 Å². The molecule has 0 atom stereocenters. The molecule has 0 bridgehead atoms. The lowest BCUT2D eigenvalue weighted by atomic mass is 10.1. The van der Waals surface area contributed by atoms with Crippen molar-refractivity contribution in [3.63, 3.8) is 0 Å². The van der Waals surface area contributed by atoms with Gasteiger partial charge in [0, 0.05) is 23.5 Å². The Labute approximate surface area is 157 Å². The Balaban J connectivity index is 1.71. The Morgan fingerprint density at radius 2 is 1.78 bits per heavy atom. The molecule has 136 valence electrons. The van der Waals surface area contributed by atoms with E-state index in [1.54, 1.807) is 36.4 Å². The van der Waals surface area contributed by atoms with E-state index in [2.05, 4.69) is 0 Å². The van der Waals surface area contributed by atoms with Crippen LogP contribution in [-0.4, -0.2) is 17.0 Å². The molecule has 0 spiro atoms. The van der Waals surface area contributed by atoms with Crippen LogP contribution in [0.2, 0.25) is 0 Å². The fraction of sp³-hybridized carbons (Fsp3) is 0.182. The zero-order chi connectivity index (χ0) is 19.4. The summed E-state index contributed by atoms with van der Waals surface area (Å²) in [5, 5.41) is 8.81. The van der Waals surface area contributed by atoms with Gasteiger partial charge in [0.15, 0.2) is 6.61 Å². The predicted molar refractivity (Wildman–Crippen MR) is 100 cm³/mol. The molecule has 0 aliphatic heterocycles. The fourth-order valence-corrected chi connectivity index (χ4v) is 2.95. The third kappa shape index (κ3) is 4.24. The highest BCUT2D eigenvalue weighted by Crippen LogP contribution is 2.19. The third-order valence-electron chi connectivity index (χ3n) is 4.48. The first-order valence-electron chi connectivity index (χ1n) is 8.55. The molecule has 0 aliphatic rings. The van der Waals surface area contributed by atoms with Crippen molar-refractivity contribution in [1.82, 2.24) is 4.57 Å². The molecule has 0 saturated carbocycles. The van der Waals surface area contributed by atoms with Gasteiger partial charge < -0.3 is 9.30 Å². The average molecular weight is 362 g/mol. The number of carbonyl (C=O) groups excluding carboxylic acids is 1. The van der Waals surface area contributed by atoms with Crippen molar-refractivity contribution in [3.05, 3.63) is 88.5 Å². The first-order valence-corrected chi connectivity index (χ1v) is 8.55. The minimum absolute atomic E-state index is 0.0766. The summed E-state index contributed by atoms with van der Waals surface area (Å²) in [6, 6.07) is 16.9. The number of hydrogen-bond donors (Lipinski definition) is 0. The molecule has 0 radical (unpaired) electrons. The molecule has 0 N–H and O–H groups in total. The summed E-state index contributed by atoms with van der Waals surface area (Å²) in [6.45, 7) is 4.33. The number of Topliss-reactive ketones (excluding diaryl/α,β-unsaturated/α-hetero) is 1. The number of aromatic nitrogens is 1. The molecule has 1 heterocycles. The van der Waals surface area contributed by atoms with Crippen molar-refractivity contribution < 1.29 is 13.9 Å². The summed E-state index contributed by atoms with van der Waals surface area (Å²) in [5.74, 6) is 0.163. The van der Waals surface area contributed by atoms with Gasteiger partial charge in [-0.05, 0) is 61.9 Å². The fourth-order valence-electron chi connectivity index (χ4n) is 2.95. The number of benzene rings is 2. The van der Waals surface area contributed by atoms with Crippen LogP contribution in [0.3, 0.4) is 0 Å². The van der Waals surface area contributed by atoms with Crippen LogP contribution in [0.15, 0.2) is 54.6 Å². The third-order valence-corrected chi connectivity index (χ3v) is 4.48. The number of nitrogens with zero attached hydrogens (tertiary/aromatic N) is 2. The molecule has 4 nitrogen and oxygen atoms in total. The molecule has 3 aromatic rings. The van der Waals surface area contributed by atoms with Crippen LogP contribution in [0, 0.1) is 31.0 Å². The van der Waals surface area contributed by atoms with Gasteiger partial charge >= 0.3 is 0 Å². The van der Waals surface area contributed by atoms with Gasteiger partial charge in [0.25, 0.3) is 0 Å². The lowest BCUT2D eigenvalue weighted by molar-refractivity contribution is 0.0921. The first kappa shape index (κ1) is 18.4. The van der Waals surface area contributed by atoms with E-state index in [0.29, 0.717) is 23.4 Å². The van der Waals surface area contributed by atoms with E-state index in [-0.39, 0.29) is 18.2 Å². The second-order valence-electron chi connectivity index (χ2n) is 6.35. The van der Waals surface area contributed by atoms with Gasteiger partial charge in [0.2, 0.25) is 5.78 Å². The average Bonchev–Trinajstić information content (AvgIpc) is 2.96. The zero-order valence-electron chi connectivity index (χ0n) is 15.2. The van der Waals surface area contributed by atoms with E-state index in [4.69, 9.17) is 10.00 Å². The molecule has 0 saturated heterocycles. The van der Waals surface area contributed by atoms with Crippen molar-refractivity contribution >= 4 is 5.78 Å². The van der Waals surface area contributed by atoms with Gasteiger partial charge in [0.05, 0.1) is 11.6 Å². The summed E-state index contributed by atoms with van der Waals surface area (Å²) < 4.78 is 20.7. The van der Waals surface area contributed by atoms with Crippen LogP contribution in [0.1, 0.15) is 32.9 Å². The van der Waals surface area contributed by atoms with Crippen molar-refractivity contribution in [1.29, 1.82) is 5.26 Å². The summed E-state index contributed by atoms with van der Waals surface area (Å²) in [6.07, 6.45) is 0. The highest BCUT2D eigenvalue weighted by Gasteiger charge is 2.16. The van der Waals surface area contributed by atoms with Crippen molar-refractivity contribution in [2.24, 2.45) is 0 Å². The maximum Gasteiger partial charge on any atom is 0.202 e. The number of ketones is 1. The van der Waals surface area contributed by atoms with Gasteiger partial charge in [-0.25, -0.2) is 4.39 Å². The van der Waals surface area contributed by atoms with Gasteiger partial charge in [-0.3, -0.25) is 4.79 Å². The number of ether oxygens (including phenoxy) is 1. The van der Waals surface area contributed by atoms with E-state index >= 15 is 0 Å². The topological polar surface area (TPSA) is 55.0 Å². The maximum atomic E-state index is 13.1. The Hall–Kier alpha value is -3.39. The molecule has 0 fully saturated rings. The minimum Gasteiger partial charge on any atom is -0.485 e. The number of nitriles is 1. The minimum atomic E-state index is -0.268. The van der Waals surface area contributed by atoms with Crippen LogP contribution in [0.5, 0.6) is 5.75 Å². The number of carbonyl (C=O) groups is 1. The monoisotopic (exact) mass is 362 g/mol. The molecule has 27 heavy (non-hydrogen) atoms. The molecule has 0 aliphatic carbocycles. The summed E-state index contributed by atoms with van der Waals surface area (Å²) >= 11 is 0. The quantitative estimate of drug-likeness (QED) is 0.610. The zero-order valence-corrected chi connectivity index (χ0v) is 15.2. The van der Waals surface area contributed by atoms with E-state index < -0.39 is 0 Å². The number of rotatable bonds is 6. The Bertz CT molecular complexity index is 997. The number of hydrogen-bond acceptors (Lipinski definition) is 3. The molecule has 1 aromatic heterocycles. The van der Waals surface area contributed by atoms with E-state index in [9.17, 15) is 9.18 Å². The van der Waals surface area contributed by atoms with Crippen LogP contribution < -0.4 is 4.74 Å². The van der Waals surface area contributed by atoms with E-state index in [0.717, 1.165) is 17.0 Å². The Morgan fingerprint density at radius 1 is 1.11 bits per heavy atom. The van der Waals surface area contributed by atoms with Gasteiger partial charge in [-0.15, -0.1) is 0 Å². The first-order chi connectivity index (χ1) is 13.0. The van der Waals surface area contributed by atoms with Gasteiger partial charge in [0.1, 0.15) is 11.6 Å². The Morgan fingerprint density at radius 3 is 2.41 bits per heavy atom. The van der Waals surface area contributed by atoms with Crippen LogP contribution in [0.25, 0.3) is 0 Å². The second-order valence-corrected chi connectivity index (χ2v) is 6.35. The lowest BCUT2D eigenvalue weighted by Crippen LogP contribution is -2.13. The maximum absolute atomic E-state index is 13.1. The normalized spacial score (nSPS) is 10.4. The van der Waals surface area contributed by atoms with Crippen molar-refractivity contribution in [3.8, 4) is 11.8 Å². The highest BCUT2D eigenvalue weighted by molar-refractivity contribution is 5.98.